The van der Waals surface area contributed by atoms with Crippen molar-refractivity contribution < 1.29 is 19.1 Å². The second kappa shape index (κ2) is 12.8. The van der Waals surface area contributed by atoms with Gasteiger partial charge in [-0.2, -0.15) is 0 Å². The molecule has 3 aromatic carbocycles. The predicted octanol–water partition coefficient (Wildman–Crippen LogP) is 6.55. The van der Waals surface area contributed by atoms with Crippen molar-refractivity contribution in [2.24, 2.45) is 5.92 Å². The number of fused-ring (bicyclic) bond motifs is 2. The summed E-state index contributed by atoms with van der Waals surface area (Å²) in [4.78, 5) is 38.7. The number of halogens is 1. The molecule has 3 amide bonds. The summed E-state index contributed by atoms with van der Waals surface area (Å²) in [5.41, 5.74) is 6.24. The van der Waals surface area contributed by atoms with Gasteiger partial charge in [-0.25, -0.2) is 0 Å². The summed E-state index contributed by atoms with van der Waals surface area (Å²) in [5.74, 6) is -0.801. The van der Waals surface area contributed by atoms with Crippen LogP contribution >= 0.6 is 11.6 Å². The molecule has 1 aromatic heterocycles. The molecule has 9 heteroatoms. The lowest BCUT2D eigenvalue weighted by Gasteiger charge is -2.20. The van der Waals surface area contributed by atoms with Gasteiger partial charge in [-0.1, -0.05) is 43.6 Å². The van der Waals surface area contributed by atoms with Crippen LogP contribution in [0.4, 0.5) is 11.4 Å². The third-order valence-electron chi connectivity index (χ3n) is 7.56. The summed E-state index contributed by atoms with van der Waals surface area (Å²) in [7, 11) is 1.59. The zero-order valence-electron chi connectivity index (χ0n) is 24.1. The summed E-state index contributed by atoms with van der Waals surface area (Å²) in [6.45, 7) is 4.13. The normalized spacial score (nSPS) is 12.7. The van der Waals surface area contributed by atoms with Crippen LogP contribution in [-0.4, -0.2) is 29.4 Å². The van der Waals surface area contributed by atoms with Gasteiger partial charge in [0.25, 0.3) is 11.8 Å². The third kappa shape index (κ3) is 6.35. The van der Waals surface area contributed by atoms with Gasteiger partial charge in [-0.15, -0.1) is 0 Å². The van der Waals surface area contributed by atoms with E-state index in [4.69, 9.17) is 16.3 Å². The number of amides is 3. The number of aromatic nitrogens is 1. The van der Waals surface area contributed by atoms with Gasteiger partial charge in [-0.05, 0) is 84.8 Å². The molecular formula is C33H35ClN4O4. The molecule has 1 aliphatic rings. The Kier molecular flexibility index (Phi) is 8.94. The summed E-state index contributed by atoms with van der Waals surface area (Å²) in [5, 5.41) is 9.97. The van der Waals surface area contributed by atoms with E-state index in [-0.39, 0.29) is 30.4 Å². The van der Waals surface area contributed by atoms with Crippen molar-refractivity contribution in [3.05, 3.63) is 93.6 Å². The van der Waals surface area contributed by atoms with Crippen LogP contribution in [-0.2, 0) is 35.6 Å². The smallest absolute Gasteiger partial charge is 0.272 e. The Labute approximate surface area is 250 Å². The van der Waals surface area contributed by atoms with E-state index in [9.17, 15) is 14.4 Å². The quantitative estimate of drug-likeness (QED) is 0.207. The number of methoxy groups -OCH3 is 1. The predicted molar refractivity (Wildman–Crippen MR) is 166 cm³/mol. The van der Waals surface area contributed by atoms with Crippen molar-refractivity contribution in [3.63, 3.8) is 0 Å². The number of rotatable bonds is 9. The minimum atomic E-state index is -0.375. The minimum absolute atomic E-state index is 0.0687. The number of carbonyl (C=O) groups excluding carboxylic acids is 3. The van der Waals surface area contributed by atoms with Crippen LogP contribution < -0.4 is 16.0 Å². The lowest BCUT2D eigenvalue weighted by atomic mass is 9.90. The van der Waals surface area contributed by atoms with Crippen LogP contribution in [0.15, 0.2) is 60.7 Å². The van der Waals surface area contributed by atoms with Crippen LogP contribution in [0.5, 0.6) is 0 Å². The highest BCUT2D eigenvalue weighted by atomic mass is 35.5. The molecule has 0 fully saturated rings. The molecule has 0 bridgehead atoms. The van der Waals surface area contributed by atoms with Gasteiger partial charge in [-0.3, -0.25) is 14.4 Å². The molecule has 0 spiro atoms. The number of nitrogens with one attached hydrogen (secondary N) is 3. The molecule has 0 aliphatic heterocycles. The van der Waals surface area contributed by atoms with Gasteiger partial charge in [0, 0.05) is 36.3 Å². The zero-order valence-corrected chi connectivity index (χ0v) is 24.8. The van der Waals surface area contributed by atoms with Crippen molar-refractivity contribution in [2.45, 2.75) is 52.8 Å². The Morgan fingerprint density at radius 2 is 1.76 bits per heavy atom. The van der Waals surface area contributed by atoms with Crippen molar-refractivity contribution in [2.75, 3.05) is 17.7 Å². The van der Waals surface area contributed by atoms with Gasteiger partial charge >= 0.3 is 0 Å². The third-order valence-corrected chi connectivity index (χ3v) is 7.89. The molecule has 1 aliphatic carbocycles. The van der Waals surface area contributed by atoms with Gasteiger partial charge in [0.1, 0.15) is 12.4 Å². The molecule has 1 heterocycles. The largest absolute Gasteiger partial charge is 0.364 e. The first kappa shape index (κ1) is 29.4. The minimum Gasteiger partial charge on any atom is -0.364 e. The Balaban J connectivity index is 1.37. The van der Waals surface area contributed by atoms with Crippen LogP contribution in [0.2, 0.25) is 5.02 Å². The molecule has 3 N–H and O–H groups in total. The maximum atomic E-state index is 13.5. The topological polar surface area (TPSA) is 101 Å². The lowest BCUT2D eigenvalue weighted by molar-refractivity contribution is -0.124. The average Bonchev–Trinajstić information content (AvgIpc) is 3.34. The highest BCUT2D eigenvalue weighted by Crippen LogP contribution is 2.30. The number of aryl methyl sites for hydroxylation is 1. The lowest BCUT2D eigenvalue weighted by Crippen LogP contribution is -2.27. The van der Waals surface area contributed by atoms with E-state index in [0.29, 0.717) is 28.5 Å². The molecule has 0 unspecified atom stereocenters. The summed E-state index contributed by atoms with van der Waals surface area (Å²) in [6, 6.07) is 18.4. The summed E-state index contributed by atoms with van der Waals surface area (Å²) < 4.78 is 7.24. The summed E-state index contributed by atoms with van der Waals surface area (Å²) in [6.07, 6.45) is 4.26. The molecule has 0 radical (unpaired) electrons. The zero-order chi connectivity index (χ0) is 29.8. The second-order valence-corrected chi connectivity index (χ2v) is 11.3. The number of benzene rings is 3. The van der Waals surface area contributed by atoms with Crippen LogP contribution in [0, 0.1) is 5.92 Å². The van der Waals surface area contributed by atoms with Crippen molar-refractivity contribution in [1.82, 2.24) is 9.88 Å². The van der Waals surface area contributed by atoms with Gasteiger partial charge in [0.15, 0.2) is 0 Å². The van der Waals surface area contributed by atoms with E-state index >= 15 is 0 Å². The van der Waals surface area contributed by atoms with Crippen molar-refractivity contribution in [1.29, 1.82) is 0 Å². The van der Waals surface area contributed by atoms with E-state index in [1.807, 2.05) is 42.7 Å². The van der Waals surface area contributed by atoms with Crippen LogP contribution in [0.25, 0.3) is 10.9 Å². The SMILES string of the molecule is COCn1c(C(=O)Nc2cccc3c2CCCC3)cc2cc(NC(=O)c3cc(CNC(=O)C(C)C)ccc3Cl)ccc21. The first-order chi connectivity index (χ1) is 20.2. The van der Waals surface area contributed by atoms with Crippen LogP contribution in [0.3, 0.4) is 0 Å². The standard InChI is InChI=1S/C33H35ClN4O4/c1-20(2)31(39)35-18-21-11-13-27(34)26(15-21)32(40)36-24-12-14-29-23(16-24)17-30(38(29)19-42-3)33(41)37-28-10-6-8-22-7-4-5-9-25(22)28/h6,8,10-17,20H,4-5,7,9,18-19H2,1-3H3,(H,35,39)(H,36,40)(H,37,41). The monoisotopic (exact) mass is 586 g/mol. The molecular weight excluding hydrogens is 552 g/mol. The maximum Gasteiger partial charge on any atom is 0.272 e. The number of hydrogen-bond acceptors (Lipinski definition) is 4. The Morgan fingerprint density at radius 3 is 2.55 bits per heavy atom. The van der Waals surface area contributed by atoms with E-state index in [1.54, 1.807) is 37.4 Å². The van der Waals surface area contributed by atoms with Gasteiger partial charge in [0.2, 0.25) is 5.91 Å². The highest BCUT2D eigenvalue weighted by Gasteiger charge is 2.20. The second-order valence-electron chi connectivity index (χ2n) is 10.9. The maximum absolute atomic E-state index is 13.5. The van der Waals surface area contributed by atoms with Gasteiger partial charge < -0.3 is 25.3 Å². The molecule has 8 nitrogen and oxygen atoms in total. The molecule has 0 saturated heterocycles. The van der Waals surface area contributed by atoms with E-state index < -0.39 is 0 Å². The number of hydrogen-bond donors (Lipinski definition) is 3. The number of nitrogens with zero attached hydrogens (tertiary/aromatic N) is 1. The first-order valence-electron chi connectivity index (χ1n) is 14.2. The van der Waals surface area contributed by atoms with E-state index in [2.05, 4.69) is 22.0 Å². The average molecular weight is 587 g/mol. The highest BCUT2D eigenvalue weighted by molar-refractivity contribution is 6.34. The number of anilines is 2. The number of ether oxygens (including phenoxy) is 1. The molecule has 42 heavy (non-hydrogen) atoms. The van der Waals surface area contributed by atoms with Crippen molar-refractivity contribution in [3.8, 4) is 0 Å². The van der Waals surface area contributed by atoms with Gasteiger partial charge in [0.05, 0.1) is 16.1 Å². The molecule has 218 valence electrons. The summed E-state index contributed by atoms with van der Waals surface area (Å²) >= 11 is 6.36. The first-order valence-corrected chi connectivity index (χ1v) is 14.5. The Hall–Kier alpha value is -4.14. The Morgan fingerprint density at radius 1 is 0.952 bits per heavy atom. The fourth-order valence-corrected chi connectivity index (χ4v) is 5.54. The number of carbonyl (C=O) groups is 3. The van der Waals surface area contributed by atoms with Crippen molar-refractivity contribution >= 4 is 51.6 Å². The molecule has 0 saturated carbocycles. The fourth-order valence-electron chi connectivity index (χ4n) is 5.34. The molecule has 5 rings (SSSR count). The molecule has 0 atom stereocenters. The fraction of sp³-hybridized carbons (Fsp3) is 0.303. The van der Waals surface area contributed by atoms with Crippen LogP contribution in [0.1, 0.15) is 64.2 Å². The molecule has 4 aromatic rings. The Bertz CT molecular complexity index is 1660. The van der Waals surface area contributed by atoms with E-state index in [1.165, 1.54) is 17.5 Å². The van der Waals surface area contributed by atoms with E-state index in [0.717, 1.165) is 41.4 Å².